The SMILES string of the molecule is COc1ccc(-c2cnc3c(c2)c(-c2c(C)nn(Cc4cccc(F)c4)c2C)c(C2CC2)n3C(=O)OC(C)(C)C)cc1N(CC(=O)OC(C)(C)C)[SH](=O)=O. The number of hydrogen-bond donors (Lipinski definition) is 1. The Hall–Kier alpha value is -5.24. The number of rotatable bonds is 10. The van der Waals surface area contributed by atoms with E-state index in [9.17, 15) is 22.4 Å². The Bertz CT molecular complexity index is 2340. The Labute approximate surface area is 315 Å². The van der Waals surface area contributed by atoms with Crippen LogP contribution in [0, 0.1) is 19.7 Å². The molecule has 1 aliphatic carbocycles. The Morgan fingerprint density at radius 3 is 2.26 bits per heavy atom. The van der Waals surface area contributed by atoms with Crippen LogP contribution in [0.5, 0.6) is 5.75 Å². The predicted molar refractivity (Wildman–Crippen MR) is 205 cm³/mol. The van der Waals surface area contributed by atoms with E-state index in [0.29, 0.717) is 28.7 Å². The molecule has 286 valence electrons. The summed E-state index contributed by atoms with van der Waals surface area (Å²) in [4.78, 5) is 31.7. The van der Waals surface area contributed by atoms with Crippen LogP contribution in [0.2, 0.25) is 0 Å². The molecule has 0 spiro atoms. The fourth-order valence-electron chi connectivity index (χ4n) is 6.66. The van der Waals surface area contributed by atoms with Crippen LogP contribution in [0.25, 0.3) is 33.3 Å². The quantitative estimate of drug-likeness (QED) is 0.112. The Morgan fingerprint density at radius 1 is 0.944 bits per heavy atom. The number of methoxy groups -OCH3 is 1. The summed E-state index contributed by atoms with van der Waals surface area (Å²) < 4.78 is 60.5. The molecule has 14 heteroatoms. The van der Waals surface area contributed by atoms with Crippen LogP contribution in [0.4, 0.5) is 14.9 Å². The number of ether oxygens (including phenoxy) is 3. The number of carbonyl (C=O) groups is 2. The zero-order valence-corrected chi connectivity index (χ0v) is 32.9. The number of esters is 1. The Balaban J connectivity index is 1.55. The molecule has 54 heavy (non-hydrogen) atoms. The van der Waals surface area contributed by atoms with Gasteiger partial charge >= 0.3 is 12.1 Å². The van der Waals surface area contributed by atoms with Crippen LogP contribution < -0.4 is 9.04 Å². The van der Waals surface area contributed by atoms with Gasteiger partial charge in [-0.05, 0) is 110 Å². The van der Waals surface area contributed by atoms with Gasteiger partial charge in [0.2, 0.25) is 10.9 Å². The number of hydrogen-bond acceptors (Lipinski definition) is 9. The molecule has 0 saturated heterocycles. The molecule has 0 bridgehead atoms. The maximum atomic E-state index is 14.1. The second kappa shape index (κ2) is 14.5. The molecule has 2 aromatic carbocycles. The highest BCUT2D eigenvalue weighted by Gasteiger charge is 2.38. The van der Waals surface area contributed by atoms with Crippen LogP contribution in [-0.4, -0.2) is 64.7 Å². The predicted octanol–water partition coefficient (Wildman–Crippen LogP) is 7.71. The first kappa shape index (κ1) is 38.5. The number of aryl methyl sites for hydroxylation is 1. The minimum atomic E-state index is -3.28. The molecule has 5 aromatic rings. The van der Waals surface area contributed by atoms with Crippen LogP contribution in [0.1, 0.15) is 82.9 Å². The van der Waals surface area contributed by atoms with Gasteiger partial charge in [0.15, 0.2) is 0 Å². The number of pyridine rings is 1. The first-order valence-electron chi connectivity index (χ1n) is 17.7. The third kappa shape index (κ3) is 8.13. The molecular weight excluding hydrogens is 714 g/mol. The van der Waals surface area contributed by atoms with Crippen molar-refractivity contribution in [3.8, 4) is 28.0 Å². The molecule has 12 nitrogen and oxygen atoms in total. The van der Waals surface area contributed by atoms with Gasteiger partial charge in [0.05, 0.1) is 25.0 Å². The van der Waals surface area contributed by atoms with Crippen molar-refractivity contribution in [1.82, 2.24) is 19.3 Å². The molecule has 1 aliphatic rings. The van der Waals surface area contributed by atoms with Crippen LogP contribution in [0.15, 0.2) is 54.7 Å². The molecule has 0 aliphatic heterocycles. The van der Waals surface area contributed by atoms with Gasteiger partial charge in [0, 0.05) is 45.6 Å². The number of fused-ring (bicyclic) bond motifs is 1. The van der Waals surface area contributed by atoms with Gasteiger partial charge < -0.3 is 14.2 Å². The van der Waals surface area contributed by atoms with Gasteiger partial charge in [-0.3, -0.25) is 13.8 Å². The fourth-order valence-corrected chi connectivity index (χ4v) is 7.22. The summed E-state index contributed by atoms with van der Waals surface area (Å²) in [6, 6.07) is 13.3. The lowest BCUT2D eigenvalue weighted by Crippen LogP contribution is -2.34. The minimum absolute atomic E-state index is 0.0675. The van der Waals surface area contributed by atoms with E-state index >= 15 is 0 Å². The van der Waals surface area contributed by atoms with Crippen molar-refractivity contribution in [2.45, 2.75) is 91.9 Å². The summed E-state index contributed by atoms with van der Waals surface area (Å²) in [6.07, 6.45) is 2.82. The number of nitrogens with zero attached hydrogens (tertiary/aromatic N) is 5. The van der Waals surface area contributed by atoms with Crippen molar-refractivity contribution < 1.29 is 36.6 Å². The van der Waals surface area contributed by atoms with Crippen LogP contribution >= 0.6 is 0 Å². The lowest BCUT2D eigenvalue weighted by atomic mass is 9.97. The lowest BCUT2D eigenvalue weighted by molar-refractivity contribution is -0.152. The first-order chi connectivity index (χ1) is 25.3. The highest BCUT2D eigenvalue weighted by atomic mass is 32.2. The van der Waals surface area contributed by atoms with Gasteiger partial charge in [-0.2, -0.15) is 5.10 Å². The summed E-state index contributed by atoms with van der Waals surface area (Å²) in [5.41, 5.74) is 4.90. The van der Waals surface area contributed by atoms with E-state index in [1.165, 1.54) is 19.2 Å². The molecule has 3 aromatic heterocycles. The van der Waals surface area contributed by atoms with Crippen LogP contribution in [-0.2, 0) is 31.7 Å². The number of benzene rings is 2. The van der Waals surface area contributed by atoms with Gasteiger partial charge in [0.25, 0.3) is 0 Å². The molecule has 0 radical (unpaired) electrons. The number of carbonyl (C=O) groups excluding carboxylic acids is 2. The molecule has 1 saturated carbocycles. The van der Waals surface area contributed by atoms with E-state index in [4.69, 9.17) is 24.3 Å². The molecule has 0 atom stereocenters. The van der Waals surface area contributed by atoms with Crippen molar-refractivity contribution in [1.29, 1.82) is 0 Å². The van der Waals surface area contributed by atoms with E-state index in [2.05, 4.69) is 0 Å². The molecule has 6 rings (SSSR count). The lowest BCUT2D eigenvalue weighted by Gasteiger charge is -2.24. The minimum Gasteiger partial charge on any atom is -0.495 e. The third-order valence-electron chi connectivity index (χ3n) is 8.92. The maximum absolute atomic E-state index is 14.1. The molecule has 0 amide bonds. The van der Waals surface area contributed by atoms with Crippen molar-refractivity contribution >= 4 is 39.7 Å². The molecule has 0 unspecified atom stereocenters. The molecule has 3 heterocycles. The number of halogens is 1. The van der Waals surface area contributed by atoms with Crippen molar-refractivity contribution in [3.05, 3.63) is 83.2 Å². The van der Waals surface area contributed by atoms with Gasteiger partial charge in [-0.1, -0.05) is 18.2 Å². The average Bonchev–Trinajstić information content (AvgIpc) is 3.81. The van der Waals surface area contributed by atoms with E-state index in [1.54, 1.807) is 55.8 Å². The second-order valence-electron chi connectivity index (χ2n) is 15.5. The molecule has 0 N–H and O–H groups in total. The smallest absolute Gasteiger partial charge is 0.420 e. The van der Waals surface area contributed by atoms with Gasteiger partial charge in [-0.25, -0.2) is 27.2 Å². The number of anilines is 1. The third-order valence-corrected chi connectivity index (χ3v) is 9.68. The van der Waals surface area contributed by atoms with Crippen LogP contribution in [0.3, 0.4) is 0 Å². The Kier molecular flexibility index (Phi) is 10.4. The fraction of sp³-hybridized carbons (Fsp3) is 0.400. The van der Waals surface area contributed by atoms with E-state index in [-0.39, 0.29) is 23.2 Å². The Morgan fingerprint density at radius 2 is 1.65 bits per heavy atom. The molecular formula is C40H46FN5O7S. The van der Waals surface area contributed by atoms with Crippen molar-refractivity contribution in [2.75, 3.05) is 18.0 Å². The monoisotopic (exact) mass is 759 g/mol. The number of thiol groups is 1. The summed E-state index contributed by atoms with van der Waals surface area (Å²) in [5, 5.41) is 5.55. The van der Waals surface area contributed by atoms with Gasteiger partial charge in [-0.15, -0.1) is 0 Å². The topological polar surface area (TPSA) is 135 Å². The first-order valence-corrected chi connectivity index (χ1v) is 18.9. The van der Waals surface area contributed by atoms with Crippen molar-refractivity contribution in [2.24, 2.45) is 0 Å². The normalized spacial score (nSPS) is 13.4. The largest absolute Gasteiger partial charge is 0.495 e. The summed E-state index contributed by atoms with van der Waals surface area (Å²) in [6.45, 7) is 14.2. The average molecular weight is 760 g/mol. The van der Waals surface area contributed by atoms with Gasteiger partial charge in [0.1, 0.15) is 35.0 Å². The molecule has 1 fully saturated rings. The maximum Gasteiger partial charge on any atom is 0.420 e. The summed E-state index contributed by atoms with van der Waals surface area (Å²) in [7, 11) is -1.86. The zero-order chi connectivity index (χ0) is 39.3. The van der Waals surface area contributed by atoms with Crippen molar-refractivity contribution in [3.63, 3.8) is 0 Å². The number of aromatic nitrogens is 4. The zero-order valence-electron chi connectivity index (χ0n) is 32.0. The highest BCUT2D eigenvalue weighted by molar-refractivity contribution is 7.74. The van der Waals surface area contributed by atoms with E-state index in [1.807, 2.05) is 51.4 Å². The highest BCUT2D eigenvalue weighted by Crippen LogP contribution is 2.50. The summed E-state index contributed by atoms with van der Waals surface area (Å²) >= 11 is 0. The van der Waals surface area contributed by atoms with E-state index in [0.717, 1.165) is 50.9 Å². The summed E-state index contributed by atoms with van der Waals surface area (Å²) in [5.74, 6) is -0.749. The van der Waals surface area contributed by atoms with E-state index < -0.39 is 40.7 Å². The standard InChI is InChI=1S/C40H46FN5O7S/c1-23-34(24(2)44(43-23)21-25-11-10-12-29(41)17-25)35-30-18-28(20-42-37(30)46(36(35)26-13-14-26)38(48)53-40(6,7)8)27-15-16-32(51-9)31(19-27)45(54(49)50)22-33(47)52-39(3,4)5/h10-12,15-20,26,54H,13-14,21-22H2,1-9H3. The second-order valence-corrected chi connectivity index (χ2v) is 16.5.